The number of piperidine rings is 1. The average Bonchev–Trinajstić information content (AvgIpc) is 2.38. The lowest BCUT2D eigenvalue weighted by Crippen LogP contribution is -2.50. The Morgan fingerprint density at radius 1 is 1.15 bits per heavy atom. The van der Waals surface area contributed by atoms with Crippen molar-refractivity contribution in [2.75, 3.05) is 6.54 Å². The number of hydrogen-bond acceptors (Lipinski definition) is 2. The molecule has 1 heterocycles. The van der Waals surface area contributed by atoms with Gasteiger partial charge in [0, 0.05) is 12.1 Å². The molecule has 116 valence electrons. The Bertz CT molecular complexity index is 346. The van der Waals surface area contributed by atoms with Gasteiger partial charge in [-0.1, -0.05) is 12.8 Å². The molecule has 20 heavy (non-hydrogen) atoms. The molecule has 0 bridgehead atoms. The Hall–Kier alpha value is -0.780. The number of likely N-dealkylation sites (tertiary alicyclic amines) is 1. The zero-order valence-corrected chi connectivity index (χ0v) is 11.5. The number of hydrogen-bond donors (Lipinski definition) is 1. The molecule has 0 aromatic carbocycles. The third-order valence-electron chi connectivity index (χ3n) is 4.66. The minimum atomic E-state index is -4.11. The summed E-state index contributed by atoms with van der Waals surface area (Å²) in [5, 5.41) is 8.96. The summed E-state index contributed by atoms with van der Waals surface area (Å²) < 4.78 is 38.6. The fraction of sp³-hybridized carbons (Fsp3) is 0.929. The molecule has 0 aromatic heterocycles. The van der Waals surface area contributed by atoms with E-state index in [0.717, 1.165) is 32.2 Å². The first-order valence-electron chi connectivity index (χ1n) is 7.42. The lowest BCUT2D eigenvalue weighted by molar-refractivity contribution is -0.188. The molecule has 1 aliphatic heterocycles. The molecule has 1 saturated heterocycles. The van der Waals surface area contributed by atoms with Crippen LogP contribution in [0.1, 0.15) is 51.4 Å². The lowest BCUT2D eigenvalue weighted by Gasteiger charge is -2.44. The normalized spacial score (nSPS) is 33.0. The van der Waals surface area contributed by atoms with E-state index < -0.39 is 18.1 Å². The van der Waals surface area contributed by atoms with E-state index in [-0.39, 0.29) is 31.3 Å². The summed E-state index contributed by atoms with van der Waals surface area (Å²) in [7, 11) is 0. The van der Waals surface area contributed by atoms with Gasteiger partial charge in [0.2, 0.25) is 0 Å². The molecule has 1 aliphatic carbocycles. The zero-order valence-electron chi connectivity index (χ0n) is 11.5. The van der Waals surface area contributed by atoms with Crippen molar-refractivity contribution in [3.8, 4) is 0 Å². The zero-order chi connectivity index (χ0) is 14.8. The molecular weight excluding hydrogens is 271 g/mol. The topological polar surface area (TPSA) is 40.5 Å². The van der Waals surface area contributed by atoms with Crippen LogP contribution in [0.15, 0.2) is 0 Å². The van der Waals surface area contributed by atoms with Gasteiger partial charge in [0.05, 0.1) is 12.3 Å². The van der Waals surface area contributed by atoms with Crippen molar-refractivity contribution in [3.63, 3.8) is 0 Å². The molecule has 3 atom stereocenters. The quantitative estimate of drug-likeness (QED) is 0.866. The van der Waals surface area contributed by atoms with E-state index >= 15 is 0 Å². The highest BCUT2D eigenvalue weighted by Crippen LogP contribution is 2.40. The highest BCUT2D eigenvalue weighted by atomic mass is 19.4. The monoisotopic (exact) mass is 293 g/mol. The van der Waals surface area contributed by atoms with Gasteiger partial charge >= 0.3 is 12.1 Å². The largest absolute Gasteiger partial charge is 0.481 e. The number of halogens is 3. The van der Waals surface area contributed by atoms with Crippen LogP contribution in [0.25, 0.3) is 0 Å². The summed E-state index contributed by atoms with van der Waals surface area (Å²) in [5.41, 5.74) is 0. The summed E-state index contributed by atoms with van der Waals surface area (Å²) in [6, 6.07) is -0.182. The molecule has 3 unspecified atom stereocenters. The van der Waals surface area contributed by atoms with Crippen LogP contribution in [0.5, 0.6) is 0 Å². The number of nitrogens with zero attached hydrogens (tertiary/aromatic N) is 1. The van der Waals surface area contributed by atoms with Crippen molar-refractivity contribution >= 4 is 5.97 Å². The highest BCUT2D eigenvalue weighted by Gasteiger charge is 2.44. The van der Waals surface area contributed by atoms with Gasteiger partial charge in [-0.15, -0.1) is 0 Å². The molecule has 2 aliphatic rings. The summed E-state index contributed by atoms with van der Waals surface area (Å²) in [6.07, 6.45) is 0.376. The Labute approximate surface area is 117 Å². The number of alkyl halides is 3. The van der Waals surface area contributed by atoms with Crippen LogP contribution in [0, 0.1) is 5.92 Å². The second-order valence-corrected chi connectivity index (χ2v) is 6.04. The van der Waals surface area contributed by atoms with Crippen molar-refractivity contribution in [2.45, 2.75) is 69.6 Å². The van der Waals surface area contributed by atoms with Crippen LogP contribution in [-0.4, -0.2) is 40.8 Å². The minimum absolute atomic E-state index is 0.0488. The molecular formula is C14H22F3NO2. The maximum atomic E-state index is 12.9. The molecule has 2 rings (SSSR count). The first-order chi connectivity index (χ1) is 9.38. The Morgan fingerprint density at radius 3 is 2.55 bits per heavy atom. The van der Waals surface area contributed by atoms with E-state index in [4.69, 9.17) is 5.11 Å². The van der Waals surface area contributed by atoms with Crippen LogP contribution in [0.4, 0.5) is 13.2 Å². The number of carboxylic acid groups (broad SMARTS) is 1. The van der Waals surface area contributed by atoms with Crippen LogP contribution in [0.2, 0.25) is 0 Å². The van der Waals surface area contributed by atoms with E-state index in [9.17, 15) is 18.0 Å². The molecule has 6 heteroatoms. The van der Waals surface area contributed by atoms with Crippen molar-refractivity contribution < 1.29 is 23.1 Å². The van der Waals surface area contributed by atoms with E-state index in [1.54, 1.807) is 0 Å². The summed E-state index contributed by atoms with van der Waals surface area (Å²) in [5.74, 6) is -2.07. The minimum Gasteiger partial charge on any atom is -0.481 e. The third kappa shape index (κ3) is 3.87. The van der Waals surface area contributed by atoms with Gasteiger partial charge < -0.3 is 5.11 Å². The van der Waals surface area contributed by atoms with Gasteiger partial charge in [0.15, 0.2) is 0 Å². The van der Waals surface area contributed by atoms with Gasteiger partial charge in [-0.25, -0.2) is 0 Å². The Kier molecular flexibility index (Phi) is 4.94. The summed E-state index contributed by atoms with van der Waals surface area (Å²) >= 11 is 0. The van der Waals surface area contributed by atoms with Crippen LogP contribution >= 0.6 is 0 Å². The average molecular weight is 293 g/mol. The number of carboxylic acids is 1. The van der Waals surface area contributed by atoms with Crippen molar-refractivity contribution in [2.24, 2.45) is 5.92 Å². The fourth-order valence-electron chi connectivity index (χ4n) is 3.69. The van der Waals surface area contributed by atoms with E-state index in [1.165, 1.54) is 0 Å². The standard InChI is InChI=1S/C14H22F3NO2/c15-14(16,17)10-4-3-6-11(8-10)18-7-2-1-5-12(18)9-13(19)20/h10-12H,1-9H2,(H,19,20). The van der Waals surface area contributed by atoms with Gasteiger partial charge in [-0.05, 0) is 38.6 Å². The van der Waals surface area contributed by atoms with Gasteiger partial charge in [0.1, 0.15) is 0 Å². The fourth-order valence-corrected chi connectivity index (χ4v) is 3.69. The smallest absolute Gasteiger partial charge is 0.391 e. The first-order valence-corrected chi connectivity index (χ1v) is 7.42. The second-order valence-electron chi connectivity index (χ2n) is 6.04. The van der Waals surface area contributed by atoms with Gasteiger partial charge in [0.25, 0.3) is 0 Å². The molecule has 1 saturated carbocycles. The molecule has 3 nitrogen and oxygen atoms in total. The molecule has 1 N–H and O–H groups in total. The van der Waals surface area contributed by atoms with Crippen molar-refractivity contribution in [1.29, 1.82) is 0 Å². The molecule has 0 spiro atoms. The third-order valence-corrected chi connectivity index (χ3v) is 4.66. The summed E-state index contributed by atoms with van der Waals surface area (Å²) in [4.78, 5) is 13.0. The van der Waals surface area contributed by atoms with Crippen LogP contribution in [0.3, 0.4) is 0 Å². The lowest BCUT2D eigenvalue weighted by atomic mass is 9.82. The number of rotatable bonds is 3. The van der Waals surface area contributed by atoms with Crippen LogP contribution in [-0.2, 0) is 4.79 Å². The van der Waals surface area contributed by atoms with E-state index in [2.05, 4.69) is 4.90 Å². The molecule has 0 aromatic rings. The maximum absolute atomic E-state index is 12.9. The predicted molar refractivity (Wildman–Crippen MR) is 68.4 cm³/mol. The number of aliphatic carboxylic acids is 1. The Morgan fingerprint density at radius 2 is 1.90 bits per heavy atom. The molecule has 0 amide bonds. The highest BCUT2D eigenvalue weighted by molar-refractivity contribution is 5.67. The summed E-state index contributed by atoms with van der Waals surface area (Å²) in [6.45, 7) is 0.743. The van der Waals surface area contributed by atoms with E-state index in [0.29, 0.717) is 6.42 Å². The van der Waals surface area contributed by atoms with Gasteiger partial charge in [-0.3, -0.25) is 9.69 Å². The van der Waals surface area contributed by atoms with Crippen LogP contribution < -0.4 is 0 Å². The first kappa shape index (κ1) is 15.6. The molecule has 0 radical (unpaired) electrons. The maximum Gasteiger partial charge on any atom is 0.391 e. The second kappa shape index (κ2) is 6.33. The van der Waals surface area contributed by atoms with Crippen molar-refractivity contribution in [3.05, 3.63) is 0 Å². The molecule has 2 fully saturated rings. The SMILES string of the molecule is O=C(O)CC1CCCCN1C1CCCC(C(F)(F)F)C1. The van der Waals surface area contributed by atoms with Gasteiger partial charge in [-0.2, -0.15) is 13.2 Å². The predicted octanol–water partition coefficient (Wildman–Crippen LogP) is 3.44. The van der Waals surface area contributed by atoms with Crippen molar-refractivity contribution in [1.82, 2.24) is 4.90 Å². The van der Waals surface area contributed by atoms with E-state index in [1.807, 2.05) is 0 Å². The number of carbonyl (C=O) groups is 1. The Balaban J connectivity index is 2.02.